The molecular formula is C7H12N6O. The second kappa shape index (κ2) is 3.17. The summed E-state index contributed by atoms with van der Waals surface area (Å²) in [6.45, 7) is 0.674. The molecule has 1 atom stereocenters. The highest BCUT2D eigenvalue weighted by atomic mass is 16.2. The van der Waals surface area contributed by atoms with Crippen LogP contribution in [0.3, 0.4) is 0 Å². The number of rotatable bonds is 2. The highest BCUT2D eigenvalue weighted by molar-refractivity contribution is 5.79. The van der Waals surface area contributed by atoms with E-state index in [0.717, 1.165) is 0 Å². The van der Waals surface area contributed by atoms with Crippen LogP contribution in [0.25, 0.3) is 0 Å². The van der Waals surface area contributed by atoms with Crippen molar-refractivity contribution in [2.45, 2.75) is 12.5 Å². The molecule has 7 heteroatoms. The number of nitrogens with two attached hydrogens (primary N) is 1. The van der Waals surface area contributed by atoms with Crippen molar-refractivity contribution in [2.24, 2.45) is 0 Å². The fraction of sp³-hybridized carbons (Fsp3) is 0.571. The number of aromatic amines is 1. The lowest BCUT2D eigenvalue weighted by atomic mass is 10.3. The standard InChI is InChI=1S/C7H12N6O/c1-13-3-4(2-5(13)14)9-7-10-6(8)11-12-7/h4H,2-3H2,1H3,(H4,8,9,10,11,12). The second-order valence-electron chi connectivity index (χ2n) is 3.36. The molecule has 2 rings (SSSR count). The molecule has 0 radical (unpaired) electrons. The normalized spacial score (nSPS) is 21.6. The number of carbonyl (C=O) groups is 1. The molecule has 1 aromatic heterocycles. The summed E-state index contributed by atoms with van der Waals surface area (Å²) in [5.74, 6) is 0.840. The zero-order valence-electron chi connectivity index (χ0n) is 7.82. The molecule has 14 heavy (non-hydrogen) atoms. The number of anilines is 2. The third-order valence-corrected chi connectivity index (χ3v) is 2.18. The minimum absolute atomic E-state index is 0.0719. The first-order valence-corrected chi connectivity index (χ1v) is 4.33. The molecule has 4 N–H and O–H groups in total. The maximum absolute atomic E-state index is 11.2. The molecule has 2 heterocycles. The van der Waals surface area contributed by atoms with Crippen molar-refractivity contribution in [3.8, 4) is 0 Å². The molecule has 1 aliphatic heterocycles. The van der Waals surface area contributed by atoms with Crippen LogP contribution in [0.1, 0.15) is 6.42 Å². The van der Waals surface area contributed by atoms with Crippen molar-refractivity contribution in [3.63, 3.8) is 0 Å². The smallest absolute Gasteiger partial charge is 0.243 e. The van der Waals surface area contributed by atoms with Gasteiger partial charge in [0.1, 0.15) is 0 Å². The third-order valence-electron chi connectivity index (χ3n) is 2.18. The molecule has 1 unspecified atom stereocenters. The summed E-state index contributed by atoms with van der Waals surface area (Å²) in [5, 5.41) is 9.37. The van der Waals surface area contributed by atoms with E-state index in [-0.39, 0.29) is 17.9 Å². The van der Waals surface area contributed by atoms with Crippen LogP contribution in [0.4, 0.5) is 11.9 Å². The van der Waals surface area contributed by atoms with Gasteiger partial charge in [-0.05, 0) is 0 Å². The Bertz CT molecular complexity index is 348. The number of amides is 1. The van der Waals surface area contributed by atoms with Gasteiger partial charge in [-0.1, -0.05) is 0 Å². The number of carbonyl (C=O) groups excluding carboxylic acids is 1. The topological polar surface area (TPSA) is 99.9 Å². The van der Waals surface area contributed by atoms with Crippen molar-refractivity contribution in [2.75, 3.05) is 24.6 Å². The Kier molecular flexibility index (Phi) is 1.99. The molecule has 1 aromatic rings. The van der Waals surface area contributed by atoms with E-state index in [1.54, 1.807) is 11.9 Å². The molecule has 1 aliphatic rings. The Morgan fingerprint density at radius 3 is 3.00 bits per heavy atom. The van der Waals surface area contributed by atoms with Gasteiger partial charge in [0, 0.05) is 20.0 Å². The number of nitrogens with one attached hydrogen (secondary N) is 2. The Hall–Kier alpha value is -1.79. The van der Waals surface area contributed by atoms with Gasteiger partial charge >= 0.3 is 0 Å². The Morgan fingerprint density at radius 1 is 1.71 bits per heavy atom. The molecule has 1 amide bonds. The van der Waals surface area contributed by atoms with E-state index in [0.29, 0.717) is 18.9 Å². The first kappa shape index (κ1) is 8.79. The number of H-pyrrole nitrogens is 1. The van der Waals surface area contributed by atoms with Crippen LogP contribution in [0.5, 0.6) is 0 Å². The van der Waals surface area contributed by atoms with Crippen LogP contribution in [0.2, 0.25) is 0 Å². The summed E-state index contributed by atoms with van der Waals surface area (Å²) in [7, 11) is 1.77. The van der Waals surface area contributed by atoms with Gasteiger partial charge in [-0.2, -0.15) is 4.98 Å². The van der Waals surface area contributed by atoms with Gasteiger partial charge in [0.05, 0.1) is 6.04 Å². The number of likely N-dealkylation sites (tertiary alicyclic amines) is 1. The van der Waals surface area contributed by atoms with Gasteiger partial charge in [0.2, 0.25) is 17.8 Å². The first-order chi connectivity index (χ1) is 6.65. The lowest BCUT2D eigenvalue weighted by molar-refractivity contribution is -0.126. The van der Waals surface area contributed by atoms with E-state index < -0.39 is 0 Å². The van der Waals surface area contributed by atoms with Gasteiger partial charge in [0.25, 0.3) is 0 Å². The van der Waals surface area contributed by atoms with Gasteiger partial charge in [-0.3, -0.25) is 4.79 Å². The number of aromatic nitrogens is 3. The van der Waals surface area contributed by atoms with E-state index in [1.807, 2.05) is 0 Å². The maximum Gasteiger partial charge on any atom is 0.243 e. The summed E-state index contributed by atoms with van der Waals surface area (Å²) >= 11 is 0. The molecule has 1 saturated heterocycles. The van der Waals surface area contributed by atoms with Crippen molar-refractivity contribution in [1.82, 2.24) is 20.1 Å². The lowest BCUT2D eigenvalue weighted by Crippen LogP contribution is -2.24. The van der Waals surface area contributed by atoms with Crippen molar-refractivity contribution in [1.29, 1.82) is 0 Å². The molecule has 76 valence electrons. The van der Waals surface area contributed by atoms with E-state index in [2.05, 4.69) is 20.5 Å². The van der Waals surface area contributed by atoms with Crippen molar-refractivity contribution in [3.05, 3.63) is 0 Å². The Balaban J connectivity index is 1.96. The zero-order valence-corrected chi connectivity index (χ0v) is 7.82. The zero-order chi connectivity index (χ0) is 10.1. The fourth-order valence-electron chi connectivity index (χ4n) is 1.48. The van der Waals surface area contributed by atoms with Crippen LogP contribution < -0.4 is 11.1 Å². The fourth-order valence-corrected chi connectivity index (χ4v) is 1.48. The molecule has 0 bridgehead atoms. The summed E-state index contributed by atoms with van der Waals surface area (Å²) < 4.78 is 0. The van der Waals surface area contributed by atoms with Crippen LogP contribution in [0, 0.1) is 0 Å². The maximum atomic E-state index is 11.2. The largest absolute Gasteiger partial charge is 0.368 e. The molecule has 0 saturated carbocycles. The van der Waals surface area contributed by atoms with E-state index in [4.69, 9.17) is 5.73 Å². The van der Waals surface area contributed by atoms with Crippen molar-refractivity contribution >= 4 is 17.8 Å². The first-order valence-electron chi connectivity index (χ1n) is 4.33. The average Bonchev–Trinajstić information content (AvgIpc) is 2.62. The molecule has 1 fully saturated rings. The molecular weight excluding hydrogens is 184 g/mol. The molecule has 0 aliphatic carbocycles. The van der Waals surface area contributed by atoms with Crippen LogP contribution in [-0.4, -0.2) is 45.6 Å². The van der Waals surface area contributed by atoms with Crippen molar-refractivity contribution < 1.29 is 4.79 Å². The highest BCUT2D eigenvalue weighted by Gasteiger charge is 2.27. The third kappa shape index (κ3) is 1.61. The quantitative estimate of drug-likeness (QED) is 0.565. The monoisotopic (exact) mass is 196 g/mol. The van der Waals surface area contributed by atoms with Gasteiger partial charge in [-0.15, -0.1) is 5.10 Å². The van der Waals surface area contributed by atoms with Crippen LogP contribution >= 0.6 is 0 Å². The van der Waals surface area contributed by atoms with Gasteiger partial charge in [0.15, 0.2) is 0 Å². The van der Waals surface area contributed by atoms with E-state index in [9.17, 15) is 4.79 Å². The van der Waals surface area contributed by atoms with Crippen LogP contribution in [-0.2, 0) is 4.79 Å². The summed E-state index contributed by atoms with van der Waals surface area (Å²) in [6.07, 6.45) is 0.477. The predicted molar refractivity (Wildman–Crippen MR) is 50.5 cm³/mol. The summed E-state index contributed by atoms with van der Waals surface area (Å²) in [6, 6.07) is 0.0719. The summed E-state index contributed by atoms with van der Waals surface area (Å²) in [4.78, 5) is 16.8. The Morgan fingerprint density at radius 2 is 2.50 bits per heavy atom. The number of likely N-dealkylation sites (N-methyl/N-ethyl adjacent to an activating group) is 1. The molecule has 0 spiro atoms. The molecule has 0 aromatic carbocycles. The van der Waals surface area contributed by atoms with Gasteiger partial charge < -0.3 is 16.0 Å². The predicted octanol–water partition coefficient (Wildman–Crippen LogP) is -0.970. The van der Waals surface area contributed by atoms with Crippen LogP contribution in [0.15, 0.2) is 0 Å². The van der Waals surface area contributed by atoms with Gasteiger partial charge in [-0.25, -0.2) is 5.10 Å². The average molecular weight is 196 g/mol. The minimum atomic E-state index is 0.0719. The number of nitrogen functional groups attached to an aromatic ring is 1. The number of hydrogen-bond acceptors (Lipinski definition) is 5. The second-order valence-corrected chi connectivity index (χ2v) is 3.36. The Labute approximate surface area is 80.7 Å². The van der Waals surface area contributed by atoms with E-state index >= 15 is 0 Å². The number of hydrogen-bond donors (Lipinski definition) is 3. The van der Waals surface area contributed by atoms with E-state index in [1.165, 1.54) is 0 Å². The summed E-state index contributed by atoms with van der Waals surface area (Å²) in [5.41, 5.74) is 5.36. The highest BCUT2D eigenvalue weighted by Crippen LogP contribution is 2.12. The minimum Gasteiger partial charge on any atom is -0.368 e. The lowest BCUT2D eigenvalue weighted by Gasteiger charge is -2.09. The molecule has 7 nitrogen and oxygen atoms in total. The number of nitrogens with zero attached hydrogens (tertiary/aromatic N) is 3. The SMILES string of the molecule is CN1CC(Nc2n[nH]c(N)n2)CC1=O.